The fraction of sp³-hybridized carbons (Fsp3) is 0.567. The molecule has 5 heterocycles. The van der Waals surface area contributed by atoms with Crippen LogP contribution in [0.4, 0.5) is 14.7 Å². The molecule has 0 spiro atoms. The van der Waals surface area contributed by atoms with Gasteiger partial charge in [0.2, 0.25) is 27.8 Å². The molecule has 2 amide bonds. The van der Waals surface area contributed by atoms with Crippen LogP contribution in [0.1, 0.15) is 62.5 Å². The zero-order valence-corrected chi connectivity index (χ0v) is 26.2. The van der Waals surface area contributed by atoms with Crippen molar-refractivity contribution in [3.8, 4) is 5.75 Å². The van der Waals surface area contributed by atoms with Crippen LogP contribution in [0, 0.1) is 0 Å². The Kier molecular flexibility index (Phi) is 9.75. The van der Waals surface area contributed by atoms with Crippen molar-refractivity contribution in [3.05, 3.63) is 42.5 Å². The average Bonchev–Trinajstić information content (AvgIpc) is 3.45. The van der Waals surface area contributed by atoms with Gasteiger partial charge in [-0.1, -0.05) is 6.07 Å². The van der Waals surface area contributed by atoms with Gasteiger partial charge < -0.3 is 19.5 Å². The third kappa shape index (κ3) is 7.61. The van der Waals surface area contributed by atoms with Gasteiger partial charge in [0.25, 0.3) is 0 Å². The van der Waals surface area contributed by atoms with Crippen LogP contribution in [0.2, 0.25) is 0 Å². The number of hydrogen-bond donors (Lipinski definition) is 2. The zero-order chi connectivity index (χ0) is 32.3. The second kappa shape index (κ2) is 13.9. The van der Waals surface area contributed by atoms with Crippen LogP contribution in [0.5, 0.6) is 5.75 Å². The number of imide groups is 1. The summed E-state index contributed by atoms with van der Waals surface area (Å²) in [6.45, 7) is 0.357. The molecule has 0 radical (unpaired) electrons. The largest absolute Gasteiger partial charge is 0.432 e. The van der Waals surface area contributed by atoms with Gasteiger partial charge in [0.1, 0.15) is 6.04 Å². The monoisotopic (exact) mass is 660 g/mol. The van der Waals surface area contributed by atoms with Crippen LogP contribution < -0.4 is 15.4 Å². The van der Waals surface area contributed by atoms with E-state index in [4.69, 9.17) is 0 Å². The minimum atomic E-state index is -3.38. The Morgan fingerprint density at radius 2 is 1.74 bits per heavy atom. The molecule has 1 aromatic carbocycles. The number of fused-ring (bicyclic) bond motifs is 1. The van der Waals surface area contributed by atoms with Gasteiger partial charge in [-0.05, 0) is 81.8 Å². The maximum absolute atomic E-state index is 13.0. The van der Waals surface area contributed by atoms with E-state index in [1.165, 1.54) is 18.0 Å². The lowest BCUT2D eigenvalue weighted by atomic mass is 9.89. The zero-order valence-electron chi connectivity index (χ0n) is 25.4. The normalized spacial score (nSPS) is 21.2. The minimum absolute atomic E-state index is 0.0173. The van der Waals surface area contributed by atoms with Crippen LogP contribution in [0.25, 0.3) is 11.0 Å². The van der Waals surface area contributed by atoms with Gasteiger partial charge in [-0.2, -0.15) is 8.78 Å². The molecule has 0 saturated carbocycles. The van der Waals surface area contributed by atoms with Crippen LogP contribution in [-0.2, 0) is 19.6 Å². The van der Waals surface area contributed by atoms with Crippen molar-refractivity contribution >= 4 is 38.8 Å². The molecule has 3 aliphatic heterocycles. The maximum Gasteiger partial charge on any atom is 0.387 e. The van der Waals surface area contributed by atoms with Crippen molar-refractivity contribution in [1.29, 1.82) is 0 Å². The Balaban J connectivity index is 0.921. The summed E-state index contributed by atoms with van der Waals surface area (Å²) in [5.41, 5.74) is 2.92. The molecule has 2 N–H and O–H groups in total. The lowest BCUT2D eigenvalue weighted by Crippen LogP contribution is -2.44. The molecule has 2 aromatic heterocycles. The molecular weight excluding hydrogens is 622 g/mol. The molecule has 1 unspecified atom stereocenters. The van der Waals surface area contributed by atoms with Crippen molar-refractivity contribution < 1.29 is 31.5 Å². The number of carbonyl (C=O) groups is 2. The molecule has 16 heteroatoms. The summed E-state index contributed by atoms with van der Waals surface area (Å²) in [7, 11) is -3.38. The number of piperidine rings is 3. The highest BCUT2D eigenvalue weighted by Crippen LogP contribution is 2.31. The van der Waals surface area contributed by atoms with E-state index >= 15 is 0 Å². The summed E-state index contributed by atoms with van der Waals surface area (Å²) in [6, 6.07) is 5.76. The number of likely N-dealkylation sites (tertiary alicyclic amines) is 1. The van der Waals surface area contributed by atoms with E-state index in [0.29, 0.717) is 51.1 Å². The van der Waals surface area contributed by atoms with Gasteiger partial charge in [0, 0.05) is 25.6 Å². The van der Waals surface area contributed by atoms with Crippen LogP contribution in [-0.4, -0.2) is 100 Å². The van der Waals surface area contributed by atoms with E-state index < -0.39 is 22.7 Å². The predicted octanol–water partition coefficient (Wildman–Crippen LogP) is 2.88. The first-order valence-electron chi connectivity index (χ1n) is 15.7. The minimum Gasteiger partial charge on any atom is -0.432 e. The van der Waals surface area contributed by atoms with Crippen molar-refractivity contribution in [2.24, 2.45) is 0 Å². The van der Waals surface area contributed by atoms with Crippen LogP contribution in [0.15, 0.2) is 36.9 Å². The first-order valence-corrected chi connectivity index (χ1v) is 17.3. The molecule has 1 atom stereocenters. The Bertz CT molecular complexity index is 1640. The van der Waals surface area contributed by atoms with Crippen molar-refractivity contribution in [2.75, 3.05) is 43.8 Å². The summed E-state index contributed by atoms with van der Waals surface area (Å²) in [4.78, 5) is 38.7. The second-order valence-electron chi connectivity index (χ2n) is 12.1. The van der Waals surface area contributed by atoms with E-state index in [1.807, 2.05) is 10.6 Å². The third-order valence-corrected chi connectivity index (χ3v) is 11.1. The van der Waals surface area contributed by atoms with E-state index in [1.54, 1.807) is 10.6 Å². The number of hydrogen-bond acceptors (Lipinski definition) is 10. The van der Waals surface area contributed by atoms with Crippen molar-refractivity contribution in [2.45, 2.75) is 69.6 Å². The molecule has 6 rings (SSSR count). The summed E-state index contributed by atoms with van der Waals surface area (Å²) < 4.78 is 58.3. The van der Waals surface area contributed by atoms with E-state index in [0.717, 1.165) is 43.5 Å². The number of nitrogens with zero attached hydrogens (tertiary/aromatic N) is 6. The molecule has 3 aromatic rings. The molecule has 3 fully saturated rings. The van der Waals surface area contributed by atoms with Crippen LogP contribution in [0.3, 0.4) is 0 Å². The number of alkyl halides is 2. The number of imidazole rings is 1. The molecule has 3 aliphatic rings. The number of amides is 2. The third-order valence-electron chi connectivity index (χ3n) is 9.11. The Morgan fingerprint density at radius 3 is 2.43 bits per heavy atom. The number of ether oxygens (including phenoxy) is 1. The molecule has 0 aliphatic carbocycles. The highest BCUT2D eigenvalue weighted by molar-refractivity contribution is 7.89. The summed E-state index contributed by atoms with van der Waals surface area (Å²) in [6.07, 6.45) is 8.49. The van der Waals surface area contributed by atoms with Crippen molar-refractivity contribution in [1.82, 2.24) is 34.0 Å². The number of carbonyl (C=O) groups excluding carboxylic acids is 2. The van der Waals surface area contributed by atoms with Crippen LogP contribution >= 0.6 is 0 Å². The fourth-order valence-corrected chi connectivity index (χ4v) is 8.12. The number of benzene rings is 1. The topological polar surface area (TPSA) is 152 Å². The predicted molar refractivity (Wildman–Crippen MR) is 165 cm³/mol. The van der Waals surface area contributed by atoms with Gasteiger partial charge in [-0.15, -0.1) is 0 Å². The van der Waals surface area contributed by atoms with Gasteiger partial charge in [0.05, 0.1) is 35.5 Å². The number of nitrogens with one attached hydrogen (secondary N) is 2. The standard InChI is InChI=1S/C30H38F2N8O5S/c31-29(32)45-23-17-33-30(34-18-23)36-22-8-13-39(14-9-22)46(43,44)15-1-10-38-11-6-20(7-12-38)21-2-3-25-24(16-21)35-19-40(25)26-4-5-27(41)37-28(26)42/h2-3,16-20,22,26,29H,1,4-15H2,(H,33,34,36)(H,37,41,42). The molecule has 46 heavy (non-hydrogen) atoms. The van der Waals surface area contributed by atoms with E-state index in [9.17, 15) is 26.8 Å². The number of anilines is 1. The van der Waals surface area contributed by atoms with Gasteiger partial charge in [-0.25, -0.2) is 27.7 Å². The molecule has 3 saturated heterocycles. The number of rotatable bonds is 11. The van der Waals surface area contributed by atoms with E-state index in [-0.39, 0.29) is 35.3 Å². The van der Waals surface area contributed by atoms with Gasteiger partial charge in [0.15, 0.2) is 5.75 Å². The number of sulfonamides is 1. The Hall–Kier alpha value is -3.76. The average molecular weight is 661 g/mol. The fourth-order valence-electron chi connectivity index (χ4n) is 6.60. The summed E-state index contributed by atoms with van der Waals surface area (Å²) in [5, 5.41) is 5.55. The summed E-state index contributed by atoms with van der Waals surface area (Å²) >= 11 is 0. The lowest BCUT2D eigenvalue weighted by molar-refractivity contribution is -0.135. The highest BCUT2D eigenvalue weighted by Gasteiger charge is 2.30. The Morgan fingerprint density at radius 1 is 1.00 bits per heavy atom. The van der Waals surface area contributed by atoms with E-state index in [2.05, 4.69) is 47.4 Å². The number of halogens is 2. The first-order chi connectivity index (χ1) is 22.1. The molecular formula is C30H38F2N8O5S. The maximum atomic E-state index is 13.0. The SMILES string of the molecule is O=C1CCC(n2cnc3cc(C4CCN(CCCS(=O)(=O)N5CCC(Nc6ncc(OC(F)F)cn6)CC5)CC4)ccc32)C(=O)N1. The quantitative estimate of drug-likeness (QED) is 0.294. The molecule has 248 valence electrons. The second-order valence-corrected chi connectivity index (χ2v) is 14.2. The Labute approximate surface area is 265 Å². The smallest absolute Gasteiger partial charge is 0.387 e. The lowest BCUT2D eigenvalue weighted by Gasteiger charge is -2.33. The van der Waals surface area contributed by atoms with Crippen molar-refractivity contribution in [3.63, 3.8) is 0 Å². The molecule has 0 bridgehead atoms. The first kappa shape index (κ1) is 32.2. The highest BCUT2D eigenvalue weighted by atomic mass is 32.2. The van der Waals surface area contributed by atoms with Gasteiger partial charge >= 0.3 is 6.61 Å². The molecule has 13 nitrogen and oxygen atoms in total. The summed E-state index contributed by atoms with van der Waals surface area (Å²) in [5.74, 6) is 0.118. The number of aromatic nitrogens is 4. The van der Waals surface area contributed by atoms with Gasteiger partial charge in [-0.3, -0.25) is 14.9 Å².